The summed E-state index contributed by atoms with van der Waals surface area (Å²) in [6, 6.07) is 4.23. The van der Waals surface area contributed by atoms with Crippen molar-refractivity contribution in [3.8, 4) is 11.5 Å². The van der Waals surface area contributed by atoms with Crippen molar-refractivity contribution in [2.24, 2.45) is 11.7 Å². The van der Waals surface area contributed by atoms with Crippen LogP contribution in [-0.2, 0) is 14.4 Å². The van der Waals surface area contributed by atoms with Crippen LogP contribution in [0.2, 0.25) is 0 Å². The SMILES string of the molecule is NC(=O)CC[C@@H](NC(=O)CCC1CCCC1)C(=O)Nc1ccc2c(c1)OCO2. The molecule has 1 saturated carbocycles. The van der Waals surface area contributed by atoms with E-state index in [2.05, 4.69) is 10.6 Å². The number of rotatable bonds is 9. The average Bonchev–Trinajstić information content (AvgIpc) is 3.34. The lowest BCUT2D eigenvalue weighted by atomic mass is 10.0. The smallest absolute Gasteiger partial charge is 0.246 e. The molecule has 0 saturated heterocycles. The molecule has 1 aromatic rings. The van der Waals surface area contributed by atoms with Gasteiger partial charge in [-0.25, -0.2) is 0 Å². The Hall–Kier alpha value is -2.77. The van der Waals surface area contributed by atoms with Crippen molar-refractivity contribution in [3.05, 3.63) is 18.2 Å². The molecular weight excluding hydrogens is 362 g/mol. The van der Waals surface area contributed by atoms with Crippen molar-refractivity contribution in [2.45, 2.75) is 57.4 Å². The third-order valence-corrected chi connectivity index (χ3v) is 5.23. The number of hydrogen-bond acceptors (Lipinski definition) is 5. The molecule has 1 aliphatic carbocycles. The number of hydrogen-bond donors (Lipinski definition) is 3. The van der Waals surface area contributed by atoms with E-state index in [-0.39, 0.29) is 25.5 Å². The van der Waals surface area contributed by atoms with E-state index in [0.717, 1.165) is 6.42 Å². The number of amides is 3. The highest BCUT2D eigenvalue weighted by atomic mass is 16.7. The monoisotopic (exact) mass is 389 g/mol. The Kier molecular flexibility index (Phi) is 6.73. The maximum Gasteiger partial charge on any atom is 0.246 e. The summed E-state index contributed by atoms with van der Waals surface area (Å²) in [5.41, 5.74) is 5.74. The molecule has 2 aliphatic rings. The Labute approximate surface area is 164 Å². The molecular formula is C20H27N3O5. The van der Waals surface area contributed by atoms with E-state index in [1.807, 2.05) is 0 Å². The summed E-state index contributed by atoms with van der Waals surface area (Å²) in [5, 5.41) is 5.51. The van der Waals surface area contributed by atoms with Crippen LogP contribution < -0.4 is 25.8 Å². The predicted octanol–water partition coefficient (Wildman–Crippen LogP) is 2.07. The van der Waals surface area contributed by atoms with Crippen LogP contribution in [0.4, 0.5) is 5.69 Å². The fourth-order valence-corrected chi connectivity index (χ4v) is 3.66. The standard InChI is InChI=1S/C20H27N3O5/c21-18(24)9-7-15(23-19(25)10-5-13-3-1-2-4-13)20(26)22-14-6-8-16-17(11-14)28-12-27-16/h6,8,11,13,15H,1-5,7,9-10,12H2,(H2,21,24)(H,22,26)(H,23,25)/t15-/m1/s1. The molecule has 8 nitrogen and oxygen atoms in total. The van der Waals surface area contributed by atoms with Gasteiger partial charge in [0.25, 0.3) is 0 Å². The zero-order valence-electron chi connectivity index (χ0n) is 15.9. The van der Waals surface area contributed by atoms with Gasteiger partial charge in [-0.1, -0.05) is 25.7 Å². The topological polar surface area (TPSA) is 120 Å². The van der Waals surface area contributed by atoms with E-state index in [1.54, 1.807) is 18.2 Å². The Morgan fingerprint density at radius 3 is 2.61 bits per heavy atom. The molecule has 8 heteroatoms. The number of carbonyl (C=O) groups is 3. The van der Waals surface area contributed by atoms with Crippen molar-refractivity contribution in [1.29, 1.82) is 0 Å². The van der Waals surface area contributed by atoms with Crippen LogP contribution >= 0.6 is 0 Å². The summed E-state index contributed by atoms with van der Waals surface area (Å²) in [7, 11) is 0. The first kappa shape index (κ1) is 20.0. The first-order chi connectivity index (χ1) is 13.5. The quantitative estimate of drug-likeness (QED) is 0.597. The zero-order valence-corrected chi connectivity index (χ0v) is 15.9. The summed E-state index contributed by atoms with van der Waals surface area (Å²) in [4.78, 5) is 36.1. The second-order valence-corrected chi connectivity index (χ2v) is 7.37. The molecule has 1 aliphatic heterocycles. The summed E-state index contributed by atoms with van der Waals surface area (Å²) >= 11 is 0. The average molecular weight is 389 g/mol. The van der Waals surface area contributed by atoms with Crippen LogP contribution in [-0.4, -0.2) is 30.6 Å². The second-order valence-electron chi connectivity index (χ2n) is 7.37. The molecule has 1 heterocycles. The minimum atomic E-state index is -0.825. The Balaban J connectivity index is 1.56. The molecule has 4 N–H and O–H groups in total. The number of fused-ring (bicyclic) bond motifs is 1. The lowest BCUT2D eigenvalue weighted by Crippen LogP contribution is -2.44. The molecule has 0 aromatic heterocycles. The molecule has 0 spiro atoms. The number of primary amides is 1. The second kappa shape index (κ2) is 9.43. The zero-order chi connectivity index (χ0) is 19.9. The number of benzene rings is 1. The minimum absolute atomic E-state index is 0.0160. The molecule has 3 amide bonds. The third-order valence-electron chi connectivity index (χ3n) is 5.23. The van der Waals surface area contributed by atoms with E-state index >= 15 is 0 Å². The first-order valence-electron chi connectivity index (χ1n) is 9.79. The van der Waals surface area contributed by atoms with Gasteiger partial charge in [0.15, 0.2) is 11.5 Å². The van der Waals surface area contributed by atoms with E-state index in [4.69, 9.17) is 15.2 Å². The number of ether oxygens (including phenoxy) is 2. The lowest BCUT2D eigenvalue weighted by Gasteiger charge is -2.19. The number of carbonyl (C=O) groups excluding carboxylic acids is 3. The van der Waals surface area contributed by atoms with Crippen LogP contribution in [0.1, 0.15) is 51.4 Å². The molecule has 152 valence electrons. The molecule has 28 heavy (non-hydrogen) atoms. The summed E-state index contributed by atoms with van der Waals surface area (Å²) < 4.78 is 10.6. The molecule has 1 atom stereocenters. The van der Waals surface area contributed by atoms with Gasteiger partial charge in [-0.15, -0.1) is 0 Å². The molecule has 0 radical (unpaired) electrons. The van der Waals surface area contributed by atoms with Crippen molar-refractivity contribution in [3.63, 3.8) is 0 Å². The number of anilines is 1. The van der Waals surface area contributed by atoms with E-state index in [0.29, 0.717) is 29.5 Å². The Morgan fingerprint density at radius 2 is 1.86 bits per heavy atom. The van der Waals surface area contributed by atoms with Crippen LogP contribution in [0.25, 0.3) is 0 Å². The fraction of sp³-hybridized carbons (Fsp3) is 0.550. The molecule has 3 rings (SSSR count). The van der Waals surface area contributed by atoms with Gasteiger partial charge in [-0.2, -0.15) is 0 Å². The third kappa shape index (κ3) is 5.61. The van der Waals surface area contributed by atoms with Gasteiger partial charge >= 0.3 is 0 Å². The van der Waals surface area contributed by atoms with Gasteiger partial charge in [0, 0.05) is 24.6 Å². The highest BCUT2D eigenvalue weighted by Crippen LogP contribution is 2.34. The molecule has 0 bridgehead atoms. The van der Waals surface area contributed by atoms with Crippen LogP contribution in [0, 0.1) is 5.92 Å². The van der Waals surface area contributed by atoms with Crippen LogP contribution in [0.15, 0.2) is 18.2 Å². The van der Waals surface area contributed by atoms with Gasteiger partial charge in [0.2, 0.25) is 24.5 Å². The van der Waals surface area contributed by atoms with Gasteiger partial charge < -0.3 is 25.8 Å². The molecule has 1 fully saturated rings. The van der Waals surface area contributed by atoms with E-state index in [9.17, 15) is 14.4 Å². The Bertz CT molecular complexity index is 731. The van der Waals surface area contributed by atoms with Crippen LogP contribution in [0.3, 0.4) is 0 Å². The summed E-state index contributed by atoms with van der Waals surface area (Å²) in [6.45, 7) is 0.144. The minimum Gasteiger partial charge on any atom is -0.454 e. The van der Waals surface area contributed by atoms with E-state index in [1.165, 1.54) is 25.7 Å². The maximum absolute atomic E-state index is 12.7. The van der Waals surface area contributed by atoms with Gasteiger partial charge in [-0.3, -0.25) is 14.4 Å². The Morgan fingerprint density at radius 1 is 1.11 bits per heavy atom. The highest BCUT2D eigenvalue weighted by molar-refractivity contribution is 5.97. The fourth-order valence-electron chi connectivity index (χ4n) is 3.66. The number of nitrogens with one attached hydrogen (secondary N) is 2. The van der Waals surface area contributed by atoms with Crippen molar-refractivity contribution >= 4 is 23.4 Å². The molecule has 0 unspecified atom stereocenters. The van der Waals surface area contributed by atoms with Gasteiger partial charge in [0.1, 0.15) is 6.04 Å². The molecule has 1 aromatic carbocycles. The maximum atomic E-state index is 12.7. The highest BCUT2D eigenvalue weighted by Gasteiger charge is 2.23. The largest absolute Gasteiger partial charge is 0.454 e. The van der Waals surface area contributed by atoms with Crippen molar-refractivity contribution in [2.75, 3.05) is 12.1 Å². The van der Waals surface area contributed by atoms with Gasteiger partial charge in [0.05, 0.1) is 0 Å². The summed E-state index contributed by atoms with van der Waals surface area (Å²) in [5.74, 6) is 0.672. The van der Waals surface area contributed by atoms with Gasteiger partial charge in [-0.05, 0) is 30.9 Å². The van der Waals surface area contributed by atoms with Crippen molar-refractivity contribution in [1.82, 2.24) is 5.32 Å². The first-order valence-corrected chi connectivity index (χ1v) is 9.79. The predicted molar refractivity (Wildman–Crippen MR) is 103 cm³/mol. The number of nitrogens with two attached hydrogens (primary N) is 1. The van der Waals surface area contributed by atoms with Crippen LogP contribution in [0.5, 0.6) is 11.5 Å². The van der Waals surface area contributed by atoms with Crippen molar-refractivity contribution < 1.29 is 23.9 Å². The van der Waals surface area contributed by atoms with E-state index < -0.39 is 17.9 Å². The lowest BCUT2D eigenvalue weighted by molar-refractivity contribution is -0.127. The normalized spacial score (nSPS) is 16.6. The summed E-state index contributed by atoms with van der Waals surface area (Å²) in [6.07, 6.45) is 6.18.